The second-order valence-electron chi connectivity index (χ2n) is 3.71. The lowest BCUT2D eigenvalue weighted by Gasteiger charge is -2.09. The molecule has 2 heterocycles. The molecule has 2 rings (SSSR count). The van der Waals surface area contributed by atoms with Gasteiger partial charge in [-0.05, 0) is 20.8 Å². The van der Waals surface area contributed by atoms with Gasteiger partial charge in [0.2, 0.25) is 0 Å². The third-order valence-corrected chi connectivity index (χ3v) is 4.28. The molecule has 16 heavy (non-hydrogen) atoms. The van der Waals surface area contributed by atoms with Crippen LogP contribution < -0.4 is 5.32 Å². The molecule has 0 aliphatic rings. The SMILES string of the molecule is Cc1nc(CNC(C)c2nccs2)c(C)s1. The first-order valence-corrected chi connectivity index (χ1v) is 6.92. The molecule has 86 valence electrons. The number of nitrogens with one attached hydrogen (secondary N) is 1. The quantitative estimate of drug-likeness (QED) is 0.910. The van der Waals surface area contributed by atoms with Crippen LogP contribution in [-0.4, -0.2) is 9.97 Å². The minimum absolute atomic E-state index is 0.293. The minimum Gasteiger partial charge on any atom is -0.302 e. The van der Waals surface area contributed by atoms with E-state index in [9.17, 15) is 0 Å². The van der Waals surface area contributed by atoms with E-state index in [1.165, 1.54) is 4.88 Å². The zero-order valence-corrected chi connectivity index (χ0v) is 11.3. The molecule has 0 aromatic carbocycles. The number of hydrogen-bond donors (Lipinski definition) is 1. The molecule has 0 aliphatic carbocycles. The summed E-state index contributed by atoms with van der Waals surface area (Å²) in [5.41, 5.74) is 1.16. The van der Waals surface area contributed by atoms with E-state index in [4.69, 9.17) is 0 Å². The van der Waals surface area contributed by atoms with Crippen molar-refractivity contribution in [2.75, 3.05) is 0 Å². The van der Waals surface area contributed by atoms with E-state index in [1.54, 1.807) is 22.7 Å². The molecule has 0 bridgehead atoms. The molecule has 1 unspecified atom stereocenters. The molecule has 2 aromatic rings. The predicted octanol–water partition coefficient (Wildman–Crippen LogP) is 3.07. The highest BCUT2D eigenvalue weighted by Crippen LogP contribution is 2.19. The number of rotatable bonds is 4. The standard InChI is InChI=1S/C11H15N3S2/c1-7(11-12-4-5-15-11)13-6-10-8(2)16-9(3)14-10/h4-5,7,13H,6H2,1-3H3. The highest BCUT2D eigenvalue weighted by Gasteiger charge is 2.09. The maximum absolute atomic E-state index is 4.50. The average Bonchev–Trinajstić information content (AvgIpc) is 2.84. The summed E-state index contributed by atoms with van der Waals surface area (Å²) in [5.74, 6) is 0. The van der Waals surface area contributed by atoms with Gasteiger partial charge in [0, 0.05) is 23.0 Å². The smallest absolute Gasteiger partial charge is 0.109 e. The summed E-state index contributed by atoms with van der Waals surface area (Å²) < 4.78 is 0. The van der Waals surface area contributed by atoms with E-state index in [0.29, 0.717) is 6.04 Å². The van der Waals surface area contributed by atoms with Gasteiger partial charge in [0.25, 0.3) is 0 Å². The average molecular weight is 253 g/mol. The number of aryl methyl sites for hydroxylation is 2. The van der Waals surface area contributed by atoms with Crippen molar-refractivity contribution in [3.05, 3.63) is 32.2 Å². The van der Waals surface area contributed by atoms with E-state index in [1.807, 2.05) is 18.5 Å². The molecule has 0 amide bonds. The van der Waals surface area contributed by atoms with Crippen molar-refractivity contribution in [3.63, 3.8) is 0 Å². The Kier molecular flexibility index (Phi) is 3.68. The van der Waals surface area contributed by atoms with E-state index >= 15 is 0 Å². The zero-order chi connectivity index (χ0) is 11.5. The third-order valence-electron chi connectivity index (χ3n) is 2.40. The van der Waals surface area contributed by atoms with Gasteiger partial charge in [-0.2, -0.15) is 0 Å². The summed E-state index contributed by atoms with van der Waals surface area (Å²) in [7, 11) is 0. The van der Waals surface area contributed by atoms with Crippen molar-refractivity contribution in [2.45, 2.75) is 33.4 Å². The lowest BCUT2D eigenvalue weighted by atomic mass is 10.3. The molecule has 2 aromatic heterocycles. The van der Waals surface area contributed by atoms with Gasteiger partial charge >= 0.3 is 0 Å². The molecule has 1 atom stereocenters. The Morgan fingerprint density at radius 3 is 2.81 bits per heavy atom. The van der Waals surface area contributed by atoms with Crippen LogP contribution in [0.3, 0.4) is 0 Å². The van der Waals surface area contributed by atoms with E-state index in [-0.39, 0.29) is 0 Å². The van der Waals surface area contributed by atoms with Crippen molar-refractivity contribution in [2.24, 2.45) is 0 Å². The second kappa shape index (κ2) is 5.03. The van der Waals surface area contributed by atoms with Crippen LogP contribution in [-0.2, 0) is 6.54 Å². The van der Waals surface area contributed by atoms with Gasteiger partial charge in [-0.1, -0.05) is 0 Å². The van der Waals surface area contributed by atoms with Gasteiger partial charge in [0.1, 0.15) is 5.01 Å². The highest BCUT2D eigenvalue weighted by atomic mass is 32.1. The van der Waals surface area contributed by atoms with E-state index in [0.717, 1.165) is 22.3 Å². The normalized spacial score (nSPS) is 12.9. The topological polar surface area (TPSA) is 37.8 Å². The minimum atomic E-state index is 0.293. The van der Waals surface area contributed by atoms with Crippen molar-refractivity contribution in [3.8, 4) is 0 Å². The molecule has 0 aliphatic heterocycles. The van der Waals surface area contributed by atoms with Crippen LogP contribution in [0, 0.1) is 13.8 Å². The summed E-state index contributed by atoms with van der Waals surface area (Å²) in [4.78, 5) is 10.1. The lowest BCUT2D eigenvalue weighted by molar-refractivity contribution is 0.565. The maximum Gasteiger partial charge on any atom is 0.109 e. The first kappa shape index (κ1) is 11.7. The lowest BCUT2D eigenvalue weighted by Crippen LogP contribution is -2.18. The fourth-order valence-corrected chi connectivity index (χ4v) is 3.03. The molecule has 5 heteroatoms. The molecular formula is C11H15N3S2. The Morgan fingerprint density at radius 1 is 1.44 bits per heavy atom. The van der Waals surface area contributed by atoms with Crippen LogP contribution in [0.2, 0.25) is 0 Å². The van der Waals surface area contributed by atoms with Crippen LogP contribution in [0.4, 0.5) is 0 Å². The molecule has 0 fully saturated rings. The zero-order valence-electron chi connectivity index (χ0n) is 9.65. The molecule has 0 radical (unpaired) electrons. The second-order valence-corrected chi connectivity index (χ2v) is 6.04. The Bertz CT molecular complexity index is 448. The van der Waals surface area contributed by atoms with Crippen molar-refractivity contribution in [1.82, 2.24) is 15.3 Å². The molecule has 0 saturated heterocycles. The monoisotopic (exact) mass is 253 g/mol. The van der Waals surface area contributed by atoms with E-state index in [2.05, 4.69) is 29.1 Å². The number of thiazole rings is 2. The molecule has 1 N–H and O–H groups in total. The first-order chi connectivity index (χ1) is 7.66. The Hall–Kier alpha value is -0.780. The summed E-state index contributed by atoms with van der Waals surface area (Å²) in [6.45, 7) is 7.12. The fraction of sp³-hybridized carbons (Fsp3) is 0.455. The van der Waals surface area contributed by atoms with Crippen molar-refractivity contribution < 1.29 is 0 Å². The van der Waals surface area contributed by atoms with Gasteiger partial charge in [0.05, 0.1) is 16.7 Å². The van der Waals surface area contributed by atoms with Gasteiger partial charge < -0.3 is 5.32 Å². The van der Waals surface area contributed by atoms with Gasteiger partial charge in [-0.15, -0.1) is 22.7 Å². The van der Waals surface area contributed by atoms with Crippen LogP contribution in [0.25, 0.3) is 0 Å². The summed E-state index contributed by atoms with van der Waals surface area (Å²) >= 11 is 3.44. The molecule has 3 nitrogen and oxygen atoms in total. The van der Waals surface area contributed by atoms with Gasteiger partial charge in [-0.3, -0.25) is 0 Å². The van der Waals surface area contributed by atoms with Crippen molar-refractivity contribution in [1.29, 1.82) is 0 Å². The third kappa shape index (κ3) is 2.66. The Labute approximate surface area is 104 Å². The Morgan fingerprint density at radius 2 is 2.25 bits per heavy atom. The molecule has 0 spiro atoms. The first-order valence-electron chi connectivity index (χ1n) is 5.22. The predicted molar refractivity (Wildman–Crippen MR) is 69.0 cm³/mol. The summed E-state index contributed by atoms with van der Waals surface area (Å²) in [6.07, 6.45) is 1.84. The van der Waals surface area contributed by atoms with Gasteiger partial charge in [0.15, 0.2) is 0 Å². The number of nitrogens with zero attached hydrogens (tertiary/aromatic N) is 2. The number of aromatic nitrogens is 2. The van der Waals surface area contributed by atoms with Gasteiger partial charge in [-0.25, -0.2) is 9.97 Å². The summed E-state index contributed by atoms with van der Waals surface area (Å²) in [5, 5.41) is 7.72. The highest BCUT2D eigenvalue weighted by molar-refractivity contribution is 7.11. The van der Waals surface area contributed by atoms with Crippen LogP contribution in [0.1, 0.15) is 33.6 Å². The summed E-state index contributed by atoms with van der Waals surface area (Å²) in [6, 6.07) is 0.293. The molecule has 0 saturated carbocycles. The number of hydrogen-bond acceptors (Lipinski definition) is 5. The Balaban J connectivity index is 1.95. The van der Waals surface area contributed by atoms with Crippen LogP contribution >= 0.6 is 22.7 Å². The fourth-order valence-electron chi connectivity index (χ4n) is 1.52. The van der Waals surface area contributed by atoms with E-state index < -0.39 is 0 Å². The molecular weight excluding hydrogens is 238 g/mol. The van der Waals surface area contributed by atoms with Crippen LogP contribution in [0.15, 0.2) is 11.6 Å². The maximum atomic E-state index is 4.50. The van der Waals surface area contributed by atoms with Crippen LogP contribution in [0.5, 0.6) is 0 Å². The van der Waals surface area contributed by atoms with Crippen molar-refractivity contribution >= 4 is 22.7 Å². The largest absolute Gasteiger partial charge is 0.302 e.